The molecule has 1 atom stereocenters. The van der Waals surface area contributed by atoms with Gasteiger partial charge in [-0.3, -0.25) is 9.69 Å². The number of carboxylic acid groups (broad SMARTS) is 1. The molecule has 3 rings (SSSR count). The Hall–Kier alpha value is -2.08. The molecule has 1 aromatic rings. The van der Waals surface area contributed by atoms with Gasteiger partial charge < -0.3 is 15.3 Å². The van der Waals surface area contributed by atoms with E-state index in [0.29, 0.717) is 32.5 Å². The Morgan fingerprint density at radius 1 is 1.07 bits per heavy atom. The zero-order valence-corrected chi connectivity index (χ0v) is 16.1. The van der Waals surface area contributed by atoms with Crippen LogP contribution in [-0.4, -0.2) is 59.6 Å². The predicted molar refractivity (Wildman–Crippen MR) is 104 cm³/mol. The molecule has 2 aliphatic rings. The molecular formula is C21H31N3O3. The molecule has 27 heavy (non-hydrogen) atoms. The van der Waals surface area contributed by atoms with Gasteiger partial charge in [-0.1, -0.05) is 37.3 Å². The van der Waals surface area contributed by atoms with Gasteiger partial charge in [-0.2, -0.15) is 0 Å². The van der Waals surface area contributed by atoms with Gasteiger partial charge in [-0.15, -0.1) is 0 Å². The van der Waals surface area contributed by atoms with E-state index in [1.54, 1.807) is 4.90 Å². The first-order valence-corrected chi connectivity index (χ1v) is 10.1. The number of aliphatic carboxylic acids is 1. The molecule has 0 bridgehead atoms. The second-order valence-corrected chi connectivity index (χ2v) is 7.93. The first-order valence-electron chi connectivity index (χ1n) is 10.1. The second kappa shape index (κ2) is 9.22. The minimum Gasteiger partial charge on any atom is -0.481 e. The maximum Gasteiger partial charge on any atom is 0.317 e. The van der Waals surface area contributed by atoms with Crippen LogP contribution in [0.25, 0.3) is 0 Å². The van der Waals surface area contributed by atoms with Crippen LogP contribution in [0.3, 0.4) is 0 Å². The molecule has 6 heteroatoms. The Bertz CT molecular complexity index is 621. The summed E-state index contributed by atoms with van der Waals surface area (Å²) in [5.74, 6) is -0.303. The molecular weight excluding hydrogens is 342 g/mol. The van der Waals surface area contributed by atoms with E-state index in [0.717, 1.165) is 19.0 Å². The number of carbonyl (C=O) groups excluding carboxylic acids is 1. The number of carbonyl (C=O) groups is 2. The largest absolute Gasteiger partial charge is 0.481 e. The number of urea groups is 1. The molecule has 1 unspecified atom stereocenters. The number of benzene rings is 1. The van der Waals surface area contributed by atoms with E-state index < -0.39 is 5.97 Å². The average Bonchev–Trinajstić information content (AvgIpc) is 2.70. The summed E-state index contributed by atoms with van der Waals surface area (Å²) in [5, 5.41) is 12.2. The monoisotopic (exact) mass is 373 g/mol. The molecule has 0 spiro atoms. The number of hydrogen-bond acceptors (Lipinski definition) is 3. The van der Waals surface area contributed by atoms with E-state index >= 15 is 0 Å². The number of likely N-dealkylation sites (tertiary alicyclic amines) is 2. The van der Waals surface area contributed by atoms with Crippen LogP contribution < -0.4 is 5.32 Å². The molecule has 0 saturated carbocycles. The lowest BCUT2D eigenvalue weighted by atomic mass is 9.95. The highest BCUT2D eigenvalue weighted by Gasteiger charge is 2.29. The SMILES string of the molecule is CC1CCN(C(CNC(=O)N2CCC(C(=O)O)CC2)c2ccccc2)CC1. The number of nitrogens with zero attached hydrogens (tertiary/aromatic N) is 2. The fourth-order valence-electron chi connectivity index (χ4n) is 4.10. The smallest absolute Gasteiger partial charge is 0.317 e. The van der Waals surface area contributed by atoms with E-state index in [1.807, 2.05) is 18.2 Å². The Labute approximate surface area is 161 Å². The van der Waals surface area contributed by atoms with E-state index in [9.17, 15) is 9.59 Å². The van der Waals surface area contributed by atoms with E-state index in [4.69, 9.17) is 5.11 Å². The van der Waals surface area contributed by atoms with Crippen LogP contribution >= 0.6 is 0 Å². The summed E-state index contributed by atoms with van der Waals surface area (Å²) in [5.41, 5.74) is 1.23. The van der Waals surface area contributed by atoms with Gasteiger partial charge in [0.1, 0.15) is 0 Å². The fraction of sp³-hybridized carbons (Fsp3) is 0.619. The van der Waals surface area contributed by atoms with Gasteiger partial charge >= 0.3 is 12.0 Å². The van der Waals surface area contributed by atoms with Crippen LogP contribution in [0.4, 0.5) is 4.79 Å². The van der Waals surface area contributed by atoms with Crippen LogP contribution in [0.15, 0.2) is 30.3 Å². The maximum absolute atomic E-state index is 12.6. The quantitative estimate of drug-likeness (QED) is 0.832. The van der Waals surface area contributed by atoms with Crippen LogP contribution in [0, 0.1) is 11.8 Å². The van der Waals surface area contributed by atoms with Gasteiger partial charge in [-0.05, 0) is 50.3 Å². The average molecular weight is 373 g/mol. The second-order valence-electron chi connectivity index (χ2n) is 7.93. The molecule has 2 amide bonds. The summed E-state index contributed by atoms with van der Waals surface area (Å²) in [6.45, 7) is 6.02. The van der Waals surface area contributed by atoms with Gasteiger partial charge in [0.25, 0.3) is 0 Å². The molecule has 0 radical (unpaired) electrons. The first kappa shape index (κ1) is 19.7. The zero-order valence-electron chi connectivity index (χ0n) is 16.1. The van der Waals surface area contributed by atoms with Crippen molar-refractivity contribution in [2.75, 3.05) is 32.7 Å². The summed E-state index contributed by atoms with van der Waals surface area (Å²) in [6, 6.07) is 10.5. The number of hydrogen-bond donors (Lipinski definition) is 2. The van der Waals surface area contributed by atoms with Crippen LogP contribution in [0.1, 0.15) is 44.2 Å². The van der Waals surface area contributed by atoms with E-state index in [1.165, 1.54) is 18.4 Å². The highest BCUT2D eigenvalue weighted by atomic mass is 16.4. The van der Waals surface area contributed by atoms with Crippen molar-refractivity contribution < 1.29 is 14.7 Å². The highest BCUT2D eigenvalue weighted by molar-refractivity contribution is 5.75. The maximum atomic E-state index is 12.6. The van der Waals surface area contributed by atoms with Gasteiger partial charge in [0.15, 0.2) is 0 Å². The highest BCUT2D eigenvalue weighted by Crippen LogP contribution is 2.26. The topological polar surface area (TPSA) is 72.9 Å². The molecule has 6 nitrogen and oxygen atoms in total. The zero-order chi connectivity index (χ0) is 19.2. The summed E-state index contributed by atoms with van der Waals surface area (Å²) in [4.78, 5) is 27.9. The van der Waals surface area contributed by atoms with E-state index in [2.05, 4.69) is 29.3 Å². The van der Waals surface area contributed by atoms with Crippen molar-refractivity contribution in [2.24, 2.45) is 11.8 Å². The predicted octanol–water partition coefficient (Wildman–Crippen LogP) is 2.97. The van der Waals surface area contributed by atoms with Gasteiger partial charge in [0.2, 0.25) is 0 Å². The summed E-state index contributed by atoms with van der Waals surface area (Å²) >= 11 is 0. The number of nitrogens with one attached hydrogen (secondary N) is 1. The standard InChI is InChI=1S/C21H31N3O3/c1-16-7-11-23(12-8-16)19(17-5-3-2-4-6-17)15-22-21(27)24-13-9-18(10-14-24)20(25)26/h2-6,16,18-19H,7-15H2,1H3,(H,22,27)(H,25,26). The molecule has 2 fully saturated rings. The third kappa shape index (κ3) is 5.22. The molecule has 2 saturated heterocycles. The molecule has 1 aromatic carbocycles. The number of piperidine rings is 2. The number of carboxylic acids is 1. The third-order valence-electron chi connectivity index (χ3n) is 6.02. The number of rotatable bonds is 5. The lowest BCUT2D eigenvalue weighted by Crippen LogP contribution is -2.48. The Morgan fingerprint density at radius 3 is 2.30 bits per heavy atom. The first-order chi connectivity index (χ1) is 13.0. The lowest BCUT2D eigenvalue weighted by Gasteiger charge is -2.37. The third-order valence-corrected chi connectivity index (χ3v) is 6.02. The Kier molecular flexibility index (Phi) is 6.72. The normalized spacial score (nSPS) is 21.0. The minimum atomic E-state index is -0.751. The molecule has 2 N–H and O–H groups in total. The Morgan fingerprint density at radius 2 is 1.70 bits per heavy atom. The van der Waals surface area contributed by atoms with Crippen molar-refractivity contribution in [1.29, 1.82) is 0 Å². The van der Waals surface area contributed by atoms with Gasteiger partial charge in [0, 0.05) is 19.6 Å². The molecule has 0 aliphatic carbocycles. The Balaban J connectivity index is 1.58. The van der Waals surface area contributed by atoms with Crippen LogP contribution in [0.2, 0.25) is 0 Å². The summed E-state index contributed by atoms with van der Waals surface area (Å²) in [7, 11) is 0. The molecule has 2 heterocycles. The molecule has 2 aliphatic heterocycles. The van der Waals surface area contributed by atoms with Crippen molar-refractivity contribution in [3.05, 3.63) is 35.9 Å². The van der Waals surface area contributed by atoms with Gasteiger partial charge in [-0.25, -0.2) is 4.79 Å². The van der Waals surface area contributed by atoms with Crippen LogP contribution in [-0.2, 0) is 4.79 Å². The summed E-state index contributed by atoms with van der Waals surface area (Å²) in [6.07, 6.45) is 3.46. The van der Waals surface area contributed by atoms with Crippen molar-refractivity contribution in [2.45, 2.75) is 38.6 Å². The number of amides is 2. The van der Waals surface area contributed by atoms with Crippen molar-refractivity contribution in [3.8, 4) is 0 Å². The lowest BCUT2D eigenvalue weighted by molar-refractivity contribution is -0.143. The summed E-state index contributed by atoms with van der Waals surface area (Å²) < 4.78 is 0. The molecule has 148 valence electrons. The van der Waals surface area contributed by atoms with Crippen molar-refractivity contribution in [3.63, 3.8) is 0 Å². The van der Waals surface area contributed by atoms with Crippen molar-refractivity contribution in [1.82, 2.24) is 15.1 Å². The van der Waals surface area contributed by atoms with Crippen LogP contribution in [0.5, 0.6) is 0 Å². The minimum absolute atomic E-state index is 0.0786. The van der Waals surface area contributed by atoms with Crippen molar-refractivity contribution >= 4 is 12.0 Å². The van der Waals surface area contributed by atoms with E-state index in [-0.39, 0.29) is 18.0 Å². The molecule has 0 aromatic heterocycles. The fourth-order valence-corrected chi connectivity index (χ4v) is 4.10. The van der Waals surface area contributed by atoms with Gasteiger partial charge in [0.05, 0.1) is 12.0 Å².